The molecule has 2 aliphatic rings. The van der Waals surface area contributed by atoms with Gasteiger partial charge in [-0.2, -0.15) is 4.31 Å². The summed E-state index contributed by atoms with van der Waals surface area (Å²) in [7, 11) is -3.32. The van der Waals surface area contributed by atoms with E-state index in [0.717, 1.165) is 35.9 Å². The summed E-state index contributed by atoms with van der Waals surface area (Å²) in [5.41, 5.74) is 1.23. The molecule has 1 aromatic carbocycles. The van der Waals surface area contributed by atoms with E-state index < -0.39 is 10.0 Å². The van der Waals surface area contributed by atoms with Crippen molar-refractivity contribution >= 4 is 21.4 Å². The van der Waals surface area contributed by atoms with Gasteiger partial charge >= 0.3 is 0 Å². The number of sulfonamides is 1. The second-order valence-electron chi connectivity index (χ2n) is 7.17. The maximum absolute atomic E-state index is 13.3. The molecule has 0 spiro atoms. The van der Waals surface area contributed by atoms with Crippen LogP contribution in [0, 0.1) is 6.92 Å². The predicted octanol–water partition coefficient (Wildman–Crippen LogP) is 2.42. The molecule has 8 heteroatoms. The van der Waals surface area contributed by atoms with Gasteiger partial charge in [-0.05, 0) is 38.3 Å². The lowest BCUT2D eigenvalue weighted by molar-refractivity contribution is 0.328. The Bertz CT molecular complexity index is 849. The molecule has 4 rings (SSSR count). The molecule has 0 amide bonds. The van der Waals surface area contributed by atoms with Crippen molar-refractivity contribution in [1.29, 1.82) is 0 Å². The van der Waals surface area contributed by atoms with Crippen molar-refractivity contribution in [3.63, 3.8) is 0 Å². The van der Waals surface area contributed by atoms with Crippen molar-refractivity contribution in [2.45, 2.75) is 50.6 Å². The maximum Gasteiger partial charge on any atom is 0.218 e. The molecular formula is C18H24N4O2S2. The summed E-state index contributed by atoms with van der Waals surface area (Å²) in [5.74, 6) is 0. The third kappa shape index (κ3) is 3.98. The van der Waals surface area contributed by atoms with E-state index in [-0.39, 0.29) is 11.3 Å². The van der Waals surface area contributed by atoms with Crippen molar-refractivity contribution in [2.75, 3.05) is 13.1 Å². The van der Waals surface area contributed by atoms with Gasteiger partial charge in [0.05, 0.1) is 11.8 Å². The summed E-state index contributed by atoms with van der Waals surface area (Å²) in [6.07, 6.45) is 2.61. The van der Waals surface area contributed by atoms with Gasteiger partial charge in [0.1, 0.15) is 10.0 Å². The number of aryl methyl sites for hydroxylation is 1. The zero-order valence-electron chi connectivity index (χ0n) is 14.9. The second-order valence-corrected chi connectivity index (χ2v) is 10.6. The Morgan fingerprint density at radius 3 is 2.62 bits per heavy atom. The summed E-state index contributed by atoms with van der Waals surface area (Å²) in [6.45, 7) is 4.51. The van der Waals surface area contributed by atoms with Crippen LogP contribution in [0.5, 0.6) is 0 Å². The van der Waals surface area contributed by atoms with E-state index in [0.29, 0.717) is 19.5 Å². The standard InChI is InChI=1S/C18H24N4O2S2/c1-14-19-20-18(25-14)13-22(16-7-8-16)26(23,24)17-9-10-21(12-17)11-15-5-3-2-4-6-15/h2-6,16-17H,7-13H2,1H3. The SMILES string of the molecule is Cc1nnc(CN(C2CC2)S(=O)(=O)C2CCN(Cc3ccccc3)C2)s1. The van der Waals surface area contributed by atoms with Gasteiger partial charge in [0.15, 0.2) is 0 Å². The first kappa shape index (κ1) is 18.0. The fourth-order valence-corrected chi connectivity index (χ4v) is 6.44. The summed E-state index contributed by atoms with van der Waals surface area (Å²) in [4.78, 5) is 2.25. The predicted molar refractivity (Wildman–Crippen MR) is 102 cm³/mol. The van der Waals surface area contributed by atoms with E-state index in [1.54, 1.807) is 4.31 Å². The molecule has 0 bridgehead atoms. The molecule has 1 aliphatic heterocycles. The van der Waals surface area contributed by atoms with E-state index in [9.17, 15) is 8.42 Å². The van der Waals surface area contributed by atoms with Crippen LogP contribution in [-0.4, -0.2) is 52.2 Å². The van der Waals surface area contributed by atoms with Crippen LogP contribution in [0.15, 0.2) is 30.3 Å². The van der Waals surface area contributed by atoms with E-state index >= 15 is 0 Å². The van der Waals surface area contributed by atoms with Gasteiger partial charge in [-0.1, -0.05) is 30.3 Å². The average Bonchev–Trinajstić information content (AvgIpc) is 3.20. The van der Waals surface area contributed by atoms with E-state index in [2.05, 4.69) is 27.2 Å². The number of hydrogen-bond donors (Lipinski definition) is 0. The zero-order chi connectivity index (χ0) is 18.1. The van der Waals surface area contributed by atoms with Crippen LogP contribution in [-0.2, 0) is 23.1 Å². The van der Waals surface area contributed by atoms with Crippen LogP contribution in [0.3, 0.4) is 0 Å². The van der Waals surface area contributed by atoms with Crippen molar-refractivity contribution in [2.24, 2.45) is 0 Å². The first-order valence-electron chi connectivity index (χ1n) is 9.08. The minimum Gasteiger partial charge on any atom is -0.298 e. The first-order chi connectivity index (χ1) is 12.5. The Balaban J connectivity index is 1.44. The topological polar surface area (TPSA) is 66.4 Å². The number of benzene rings is 1. The molecule has 140 valence electrons. The minimum absolute atomic E-state index is 0.146. The number of rotatable bonds is 7. The van der Waals surface area contributed by atoms with Crippen LogP contribution in [0.4, 0.5) is 0 Å². The Morgan fingerprint density at radius 2 is 1.96 bits per heavy atom. The van der Waals surface area contributed by atoms with E-state index in [1.165, 1.54) is 16.9 Å². The highest BCUT2D eigenvalue weighted by molar-refractivity contribution is 7.89. The Labute approximate surface area is 158 Å². The van der Waals surface area contributed by atoms with Crippen molar-refractivity contribution < 1.29 is 8.42 Å². The highest BCUT2D eigenvalue weighted by atomic mass is 32.2. The van der Waals surface area contributed by atoms with Crippen LogP contribution < -0.4 is 0 Å². The van der Waals surface area contributed by atoms with Crippen molar-refractivity contribution in [3.05, 3.63) is 45.9 Å². The van der Waals surface area contributed by atoms with Crippen molar-refractivity contribution in [3.8, 4) is 0 Å². The first-order valence-corrected chi connectivity index (χ1v) is 11.4. The lowest BCUT2D eigenvalue weighted by atomic mass is 10.2. The van der Waals surface area contributed by atoms with E-state index in [4.69, 9.17) is 0 Å². The monoisotopic (exact) mass is 392 g/mol. The fraction of sp³-hybridized carbons (Fsp3) is 0.556. The molecular weight excluding hydrogens is 368 g/mol. The smallest absolute Gasteiger partial charge is 0.218 e. The number of likely N-dealkylation sites (tertiary alicyclic amines) is 1. The molecule has 1 aromatic heterocycles. The molecule has 2 heterocycles. The lowest BCUT2D eigenvalue weighted by Gasteiger charge is -2.25. The van der Waals surface area contributed by atoms with Gasteiger partial charge in [-0.25, -0.2) is 8.42 Å². The van der Waals surface area contributed by atoms with Gasteiger partial charge < -0.3 is 0 Å². The number of aromatic nitrogens is 2. The zero-order valence-corrected chi connectivity index (χ0v) is 16.5. The molecule has 1 unspecified atom stereocenters. The van der Waals surface area contributed by atoms with Crippen LogP contribution >= 0.6 is 11.3 Å². The highest BCUT2D eigenvalue weighted by Crippen LogP contribution is 2.34. The highest BCUT2D eigenvalue weighted by Gasteiger charge is 2.43. The molecule has 2 aromatic rings. The molecule has 0 radical (unpaired) electrons. The quantitative estimate of drug-likeness (QED) is 0.724. The summed E-state index contributed by atoms with van der Waals surface area (Å²) in [5, 5.41) is 9.50. The van der Waals surface area contributed by atoms with Gasteiger partial charge in [0.25, 0.3) is 0 Å². The molecule has 1 atom stereocenters. The summed E-state index contributed by atoms with van der Waals surface area (Å²) >= 11 is 1.48. The van der Waals surface area contributed by atoms with Gasteiger partial charge in [0.2, 0.25) is 10.0 Å². The minimum atomic E-state index is -3.32. The van der Waals surface area contributed by atoms with Gasteiger partial charge in [0, 0.05) is 19.1 Å². The normalized spacial score (nSPS) is 21.5. The molecule has 6 nitrogen and oxygen atoms in total. The van der Waals surface area contributed by atoms with E-state index in [1.807, 2.05) is 25.1 Å². The lowest BCUT2D eigenvalue weighted by Crippen LogP contribution is -2.41. The third-order valence-corrected chi connectivity index (χ3v) is 8.17. The number of hydrogen-bond acceptors (Lipinski definition) is 6. The Hall–Kier alpha value is -1.35. The van der Waals surface area contributed by atoms with Crippen LogP contribution in [0.25, 0.3) is 0 Å². The van der Waals surface area contributed by atoms with Gasteiger partial charge in [-0.15, -0.1) is 21.5 Å². The largest absolute Gasteiger partial charge is 0.298 e. The molecule has 1 saturated carbocycles. The molecule has 2 fully saturated rings. The number of nitrogens with zero attached hydrogens (tertiary/aromatic N) is 4. The molecule has 26 heavy (non-hydrogen) atoms. The third-order valence-electron chi connectivity index (χ3n) is 5.04. The molecule has 0 N–H and O–H groups in total. The average molecular weight is 393 g/mol. The van der Waals surface area contributed by atoms with Crippen LogP contribution in [0.2, 0.25) is 0 Å². The maximum atomic E-state index is 13.3. The summed E-state index contributed by atoms with van der Waals surface area (Å²) < 4.78 is 28.3. The Morgan fingerprint density at radius 1 is 1.19 bits per heavy atom. The van der Waals surface area contributed by atoms with Gasteiger partial charge in [-0.3, -0.25) is 4.90 Å². The van der Waals surface area contributed by atoms with Crippen molar-refractivity contribution in [1.82, 2.24) is 19.4 Å². The molecule has 1 aliphatic carbocycles. The fourth-order valence-electron chi connectivity index (χ4n) is 3.54. The van der Waals surface area contributed by atoms with Crippen LogP contribution in [0.1, 0.15) is 34.8 Å². The second kappa shape index (κ2) is 7.34. The Kier molecular flexibility index (Phi) is 5.09. The molecule has 1 saturated heterocycles. The summed E-state index contributed by atoms with van der Waals surface area (Å²) in [6, 6.07) is 10.4.